The van der Waals surface area contributed by atoms with Crippen molar-refractivity contribution in [3.63, 3.8) is 0 Å². The third kappa shape index (κ3) is 32.8. The van der Waals surface area contributed by atoms with Gasteiger partial charge in [0.15, 0.2) is 0 Å². The first-order chi connectivity index (χ1) is 19.7. The van der Waals surface area contributed by atoms with Crippen molar-refractivity contribution in [2.75, 3.05) is 13.1 Å². The van der Waals surface area contributed by atoms with E-state index in [1.807, 2.05) is 4.67 Å². The first-order valence-electron chi connectivity index (χ1n) is 18.6. The Morgan fingerprint density at radius 1 is 0.300 bits per heavy atom. The Bertz CT molecular complexity index is 413. The fraction of sp³-hybridized carbons (Fsp3) is 1.00. The minimum absolute atomic E-state index is 0.857. The Balaban J connectivity index is 3.37. The van der Waals surface area contributed by atoms with Gasteiger partial charge in [0.2, 0.25) is 0 Å². The molecule has 0 saturated carbocycles. The van der Waals surface area contributed by atoms with Gasteiger partial charge < -0.3 is 9.79 Å². The van der Waals surface area contributed by atoms with Crippen LogP contribution in [0.5, 0.6) is 0 Å². The molecule has 0 saturated heterocycles. The number of unbranched alkanes of at least 4 members (excludes halogenated alkanes) is 30. The monoisotopic (exact) mass is 586 g/mol. The summed E-state index contributed by atoms with van der Waals surface area (Å²) in [4.78, 5) is 19.6. The average molecular weight is 586 g/mol. The van der Waals surface area contributed by atoms with Crippen molar-refractivity contribution >= 4 is 8.53 Å². The molecule has 3 nitrogen and oxygen atoms in total. The predicted molar refractivity (Wildman–Crippen MR) is 182 cm³/mol. The molecule has 0 bridgehead atoms. The molecule has 4 heteroatoms. The van der Waals surface area contributed by atoms with Crippen molar-refractivity contribution < 1.29 is 9.79 Å². The minimum atomic E-state index is -1.92. The second-order valence-corrected chi connectivity index (χ2v) is 13.9. The van der Waals surface area contributed by atoms with Crippen LogP contribution in [0.2, 0.25) is 0 Å². The summed E-state index contributed by atoms with van der Waals surface area (Å²) in [6, 6.07) is 0. The van der Waals surface area contributed by atoms with Crippen LogP contribution < -0.4 is 0 Å². The maximum absolute atomic E-state index is 9.81. The molecule has 0 atom stereocenters. The normalized spacial score (nSPS) is 11.8. The zero-order valence-electron chi connectivity index (χ0n) is 27.8. The molecule has 0 radical (unpaired) electrons. The van der Waals surface area contributed by atoms with Crippen LogP contribution in [0, 0.1) is 0 Å². The molecular weight excluding hydrogens is 509 g/mol. The van der Waals surface area contributed by atoms with E-state index >= 15 is 0 Å². The minimum Gasteiger partial charge on any atom is -0.338 e. The summed E-state index contributed by atoms with van der Waals surface area (Å²) >= 11 is 0. The van der Waals surface area contributed by atoms with Gasteiger partial charge in [-0.3, -0.25) is 0 Å². The van der Waals surface area contributed by atoms with Crippen molar-refractivity contribution in [1.82, 2.24) is 4.67 Å². The van der Waals surface area contributed by atoms with Crippen molar-refractivity contribution in [2.24, 2.45) is 0 Å². The van der Waals surface area contributed by atoms with E-state index in [1.165, 1.54) is 193 Å². The largest absolute Gasteiger partial charge is 0.338 e. The fourth-order valence-corrected chi connectivity index (χ4v) is 6.62. The van der Waals surface area contributed by atoms with Crippen LogP contribution in [-0.4, -0.2) is 27.5 Å². The van der Waals surface area contributed by atoms with Crippen LogP contribution in [0.3, 0.4) is 0 Å². The summed E-state index contributed by atoms with van der Waals surface area (Å²) in [6.45, 7) is 6.30. The standard InChI is InChI=1S/C36H76NO2P/c1-3-5-7-9-11-13-15-17-19-21-23-25-27-29-31-33-35-37(40(38)39)36-34-32-30-28-26-24-22-20-18-16-14-12-10-8-6-4-2/h38-39H,3-36H2,1-2H3. The molecule has 0 amide bonds. The molecule has 0 aromatic carbocycles. The Morgan fingerprint density at radius 3 is 0.650 bits per heavy atom. The van der Waals surface area contributed by atoms with E-state index in [2.05, 4.69) is 13.8 Å². The number of hydrogen-bond acceptors (Lipinski definition) is 3. The lowest BCUT2D eigenvalue weighted by atomic mass is 10.0. The average Bonchev–Trinajstić information content (AvgIpc) is 2.95. The molecule has 0 rings (SSSR count). The molecule has 0 fully saturated rings. The number of hydrogen-bond donors (Lipinski definition) is 2. The topological polar surface area (TPSA) is 43.7 Å². The van der Waals surface area contributed by atoms with Gasteiger partial charge in [-0.05, 0) is 12.8 Å². The van der Waals surface area contributed by atoms with Crippen molar-refractivity contribution in [2.45, 2.75) is 219 Å². The van der Waals surface area contributed by atoms with Gasteiger partial charge in [-0.2, -0.15) is 0 Å². The lowest BCUT2D eigenvalue weighted by Crippen LogP contribution is -2.20. The molecule has 0 spiro atoms. The Hall–Kier alpha value is 0.310. The second kappa shape index (κ2) is 35.5. The summed E-state index contributed by atoms with van der Waals surface area (Å²) in [5.41, 5.74) is 0. The lowest BCUT2D eigenvalue weighted by molar-refractivity contribution is 0.326. The van der Waals surface area contributed by atoms with E-state index in [0.717, 1.165) is 25.9 Å². The zero-order valence-corrected chi connectivity index (χ0v) is 28.7. The molecule has 0 aliphatic carbocycles. The van der Waals surface area contributed by atoms with E-state index in [4.69, 9.17) is 0 Å². The van der Waals surface area contributed by atoms with Crippen LogP contribution >= 0.6 is 8.53 Å². The molecule has 0 heterocycles. The predicted octanol–water partition coefficient (Wildman–Crippen LogP) is 13.0. The smallest absolute Gasteiger partial charge is 0.253 e. The fourth-order valence-electron chi connectivity index (χ4n) is 5.98. The van der Waals surface area contributed by atoms with E-state index in [1.54, 1.807) is 0 Å². The van der Waals surface area contributed by atoms with Crippen LogP contribution in [0.15, 0.2) is 0 Å². The third-order valence-electron chi connectivity index (χ3n) is 8.79. The Morgan fingerprint density at radius 2 is 0.475 bits per heavy atom. The summed E-state index contributed by atoms with van der Waals surface area (Å²) in [6.07, 6.45) is 44.1. The Kier molecular flexibility index (Phi) is 35.8. The summed E-state index contributed by atoms with van der Waals surface area (Å²) in [5, 5.41) is 0. The number of nitrogens with zero attached hydrogens (tertiary/aromatic N) is 1. The summed E-state index contributed by atoms with van der Waals surface area (Å²) in [7, 11) is -1.92. The van der Waals surface area contributed by atoms with E-state index in [9.17, 15) is 9.79 Å². The van der Waals surface area contributed by atoms with Crippen molar-refractivity contribution in [1.29, 1.82) is 0 Å². The van der Waals surface area contributed by atoms with Gasteiger partial charge in [-0.15, -0.1) is 0 Å². The summed E-state index contributed by atoms with van der Waals surface area (Å²) in [5.74, 6) is 0. The van der Waals surface area contributed by atoms with Gasteiger partial charge in [0.1, 0.15) is 0 Å². The van der Waals surface area contributed by atoms with Gasteiger partial charge in [-0.1, -0.05) is 206 Å². The highest BCUT2D eigenvalue weighted by Gasteiger charge is 2.12. The quantitative estimate of drug-likeness (QED) is 0.0574. The SMILES string of the molecule is CCCCCCCCCCCCCCCCCCN(CCCCCCCCCCCCCCCCCC)P(O)O. The second-order valence-electron chi connectivity index (χ2n) is 12.8. The molecule has 0 aliphatic heterocycles. The highest BCUT2D eigenvalue weighted by molar-refractivity contribution is 7.42. The van der Waals surface area contributed by atoms with Gasteiger partial charge in [0, 0.05) is 13.1 Å². The molecule has 0 unspecified atom stereocenters. The maximum atomic E-state index is 9.81. The highest BCUT2D eigenvalue weighted by atomic mass is 31.2. The maximum Gasteiger partial charge on any atom is 0.253 e. The zero-order chi connectivity index (χ0) is 29.2. The molecular formula is C36H76NO2P. The molecule has 2 N–H and O–H groups in total. The van der Waals surface area contributed by atoms with Crippen LogP contribution in [0.1, 0.15) is 219 Å². The molecule has 242 valence electrons. The molecule has 40 heavy (non-hydrogen) atoms. The lowest BCUT2D eigenvalue weighted by Gasteiger charge is -2.22. The van der Waals surface area contributed by atoms with E-state index < -0.39 is 8.53 Å². The van der Waals surface area contributed by atoms with E-state index in [0.29, 0.717) is 0 Å². The van der Waals surface area contributed by atoms with Gasteiger partial charge in [0.25, 0.3) is 8.53 Å². The van der Waals surface area contributed by atoms with E-state index in [-0.39, 0.29) is 0 Å². The van der Waals surface area contributed by atoms with Crippen LogP contribution in [0.4, 0.5) is 0 Å². The van der Waals surface area contributed by atoms with Crippen molar-refractivity contribution in [3.8, 4) is 0 Å². The highest BCUT2D eigenvalue weighted by Crippen LogP contribution is 2.30. The third-order valence-corrected chi connectivity index (χ3v) is 9.70. The van der Waals surface area contributed by atoms with Gasteiger partial charge in [0.05, 0.1) is 0 Å². The summed E-state index contributed by atoms with van der Waals surface area (Å²) < 4.78 is 1.93. The van der Waals surface area contributed by atoms with Crippen LogP contribution in [0.25, 0.3) is 0 Å². The molecule has 0 aromatic heterocycles. The first kappa shape index (κ1) is 40.3. The first-order valence-corrected chi connectivity index (χ1v) is 19.8. The van der Waals surface area contributed by atoms with Gasteiger partial charge in [-0.25, -0.2) is 4.67 Å². The van der Waals surface area contributed by atoms with Crippen molar-refractivity contribution in [3.05, 3.63) is 0 Å². The number of rotatable bonds is 35. The van der Waals surface area contributed by atoms with Crippen LogP contribution in [-0.2, 0) is 0 Å². The molecule has 0 aromatic rings. The molecule has 0 aliphatic rings. The Labute approximate surface area is 255 Å². The van der Waals surface area contributed by atoms with Gasteiger partial charge >= 0.3 is 0 Å².